The van der Waals surface area contributed by atoms with Crippen LogP contribution in [0.2, 0.25) is 0 Å². The first kappa shape index (κ1) is 14.1. The molecule has 1 atom stereocenters. The van der Waals surface area contributed by atoms with Gasteiger partial charge in [-0.2, -0.15) is 0 Å². The largest absolute Gasteiger partial charge is 0.330 e. The zero-order valence-electron chi connectivity index (χ0n) is 10.6. The lowest BCUT2D eigenvalue weighted by Crippen LogP contribution is -2.30. The summed E-state index contributed by atoms with van der Waals surface area (Å²) in [5.74, 6) is -1.63. The fourth-order valence-electron chi connectivity index (χ4n) is 1.75. The van der Waals surface area contributed by atoms with Crippen molar-refractivity contribution in [3.8, 4) is 0 Å². The first-order chi connectivity index (χ1) is 7.89. The minimum atomic E-state index is -0.818. The van der Waals surface area contributed by atoms with Gasteiger partial charge in [-0.05, 0) is 43.1 Å². The molecule has 0 bridgehead atoms. The lowest BCUT2D eigenvalue weighted by atomic mass is 9.83. The molecule has 17 heavy (non-hydrogen) atoms. The summed E-state index contributed by atoms with van der Waals surface area (Å²) in [4.78, 5) is 0. The molecule has 96 valence electrons. The summed E-state index contributed by atoms with van der Waals surface area (Å²) in [6.45, 7) is 4.66. The zero-order chi connectivity index (χ0) is 13.1. The predicted octanol–water partition coefficient (Wildman–Crippen LogP) is 2.60. The Labute approximate surface area is 101 Å². The Hall–Kier alpha value is -1.00. The van der Waals surface area contributed by atoms with Gasteiger partial charge in [0.2, 0.25) is 0 Å². The van der Waals surface area contributed by atoms with Crippen molar-refractivity contribution in [3.05, 3.63) is 35.4 Å². The lowest BCUT2D eigenvalue weighted by Gasteiger charge is -2.28. The van der Waals surface area contributed by atoms with Gasteiger partial charge < -0.3 is 11.1 Å². The van der Waals surface area contributed by atoms with Crippen molar-refractivity contribution < 1.29 is 8.78 Å². The van der Waals surface area contributed by atoms with Crippen molar-refractivity contribution in [3.63, 3.8) is 0 Å². The van der Waals surface area contributed by atoms with Gasteiger partial charge in [-0.15, -0.1) is 0 Å². The fraction of sp³-hybridized carbons (Fsp3) is 0.538. The molecule has 2 nitrogen and oxygen atoms in total. The molecule has 0 spiro atoms. The van der Waals surface area contributed by atoms with Crippen molar-refractivity contribution in [1.29, 1.82) is 0 Å². The molecule has 0 heterocycles. The standard InChI is InChI=1S/C13H20F2N2/c1-13(2,8-16)7-12(17-3)9-4-5-10(14)11(15)6-9/h4-6,12,17H,7-8,16H2,1-3H3. The van der Waals surface area contributed by atoms with Gasteiger partial charge in [0.1, 0.15) is 0 Å². The number of nitrogens with one attached hydrogen (secondary N) is 1. The van der Waals surface area contributed by atoms with Crippen molar-refractivity contribution in [2.24, 2.45) is 11.1 Å². The van der Waals surface area contributed by atoms with Gasteiger partial charge in [0.05, 0.1) is 0 Å². The van der Waals surface area contributed by atoms with Gasteiger partial charge in [0.25, 0.3) is 0 Å². The van der Waals surface area contributed by atoms with Gasteiger partial charge in [-0.1, -0.05) is 19.9 Å². The topological polar surface area (TPSA) is 38.0 Å². The van der Waals surface area contributed by atoms with Crippen LogP contribution in [0.4, 0.5) is 8.78 Å². The van der Waals surface area contributed by atoms with E-state index in [0.29, 0.717) is 6.54 Å². The van der Waals surface area contributed by atoms with E-state index in [-0.39, 0.29) is 11.5 Å². The molecule has 1 aromatic carbocycles. The molecule has 0 saturated carbocycles. The van der Waals surface area contributed by atoms with Gasteiger partial charge in [-0.3, -0.25) is 0 Å². The molecule has 0 fully saturated rings. The van der Waals surface area contributed by atoms with Crippen molar-refractivity contribution in [2.75, 3.05) is 13.6 Å². The number of hydrogen-bond acceptors (Lipinski definition) is 2. The van der Waals surface area contributed by atoms with Crippen LogP contribution >= 0.6 is 0 Å². The molecule has 3 N–H and O–H groups in total. The zero-order valence-corrected chi connectivity index (χ0v) is 10.6. The van der Waals surface area contributed by atoms with Gasteiger partial charge in [0.15, 0.2) is 11.6 Å². The maximum atomic E-state index is 13.2. The monoisotopic (exact) mass is 242 g/mol. The Morgan fingerprint density at radius 1 is 1.29 bits per heavy atom. The first-order valence-corrected chi connectivity index (χ1v) is 5.72. The quantitative estimate of drug-likeness (QED) is 0.833. The highest BCUT2D eigenvalue weighted by Gasteiger charge is 2.22. The second-order valence-corrected chi connectivity index (χ2v) is 5.09. The SMILES string of the molecule is CNC(CC(C)(C)CN)c1ccc(F)c(F)c1. The minimum Gasteiger partial charge on any atom is -0.330 e. The second-order valence-electron chi connectivity index (χ2n) is 5.09. The maximum absolute atomic E-state index is 13.2. The van der Waals surface area contributed by atoms with Crippen LogP contribution in [-0.2, 0) is 0 Å². The fourth-order valence-corrected chi connectivity index (χ4v) is 1.75. The maximum Gasteiger partial charge on any atom is 0.159 e. The Kier molecular flexibility index (Phi) is 4.60. The Bertz CT molecular complexity index is 378. The van der Waals surface area contributed by atoms with E-state index >= 15 is 0 Å². The van der Waals surface area contributed by atoms with Crippen LogP contribution in [0.15, 0.2) is 18.2 Å². The van der Waals surface area contributed by atoms with E-state index in [1.54, 1.807) is 13.1 Å². The summed E-state index contributed by atoms with van der Waals surface area (Å²) in [7, 11) is 1.80. The summed E-state index contributed by atoms with van der Waals surface area (Å²) in [6.07, 6.45) is 0.769. The first-order valence-electron chi connectivity index (χ1n) is 5.72. The van der Waals surface area contributed by atoms with E-state index < -0.39 is 11.6 Å². The van der Waals surface area contributed by atoms with Gasteiger partial charge in [0, 0.05) is 6.04 Å². The van der Waals surface area contributed by atoms with E-state index in [2.05, 4.69) is 19.2 Å². The Balaban J connectivity index is 2.90. The van der Waals surface area contributed by atoms with Crippen LogP contribution in [0.25, 0.3) is 0 Å². The molecule has 0 aliphatic rings. The highest BCUT2D eigenvalue weighted by atomic mass is 19.2. The van der Waals surface area contributed by atoms with Crippen molar-refractivity contribution in [2.45, 2.75) is 26.3 Å². The lowest BCUT2D eigenvalue weighted by molar-refractivity contribution is 0.298. The normalized spacial score (nSPS) is 13.8. The van der Waals surface area contributed by atoms with E-state index in [1.165, 1.54) is 6.07 Å². The average Bonchev–Trinajstić information content (AvgIpc) is 2.30. The summed E-state index contributed by atoms with van der Waals surface area (Å²) in [5, 5.41) is 3.11. The molecular weight excluding hydrogens is 222 g/mol. The highest BCUT2D eigenvalue weighted by Crippen LogP contribution is 2.29. The molecule has 0 aliphatic heterocycles. The van der Waals surface area contributed by atoms with E-state index in [4.69, 9.17) is 5.73 Å². The van der Waals surface area contributed by atoms with Crippen molar-refractivity contribution >= 4 is 0 Å². The molecule has 0 amide bonds. The molecule has 0 aromatic heterocycles. The number of halogens is 2. The Morgan fingerprint density at radius 3 is 2.41 bits per heavy atom. The second kappa shape index (κ2) is 5.56. The van der Waals surface area contributed by atoms with E-state index in [9.17, 15) is 8.78 Å². The molecule has 0 saturated heterocycles. The van der Waals surface area contributed by atoms with E-state index in [0.717, 1.165) is 18.1 Å². The van der Waals surface area contributed by atoms with Gasteiger partial charge >= 0.3 is 0 Å². The summed E-state index contributed by atoms with van der Waals surface area (Å²) < 4.78 is 26.0. The molecule has 1 unspecified atom stereocenters. The summed E-state index contributed by atoms with van der Waals surface area (Å²) >= 11 is 0. The van der Waals surface area contributed by atoms with E-state index in [1.807, 2.05) is 0 Å². The number of nitrogens with two attached hydrogens (primary N) is 1. The van der Waals surface area contributed by atoms with Crippen LogP contribution in [0, 0.1) is 17.0 Å². The van der Waals surface area contributed by atoms with Crippen LogP contribution in [-0.4, -0.2) is 13.6 Å². The van der Waals surface area contributed by atoms with Crippen LogP contribution in [0.5, 0.6) is 0 Å². The highest BCUT2D eigenvalue weighted by molar-refractivity contribution is 5.21. The molecule has 1 rings (SSSR count). The third kappa shape index (κ3) is 3.75. The Morgan fingerprint density at radius 2 is 1.94 bits per heavy atom. The predicted molar refractivity (Wildman–Crippen MR) is 65.6 cm³/mol. The molecule has 0 radical (unpaired) electrons. The van der Waals surface area contributed by atoms with Crippen molar-refractivity contribution in [1.82, 2.24) is 5.32 Å². The smallest absolute Gasteiger partial charge is 0.159 e. The average molecular weight is 242 g/mol. The van der Waals surface area contributed by atoms with Gasteiger partial charge in [-0.25, -0.2) is 8.78 Å². The summed E-state index contributed by atoms with van der Waals surface area (Å²) in [6, 6.07) is 3.98. The summed E-state index contributed by atoms with van der Waals surface area (Å²) in [5.41, 5.74) is 6.38. The van der Waals surface area contributed by atoms with Crippen LogP contribution in [0.3, 0.4) is 0 Å². The third-order valence-electron chi connectivity index (χ3n) is 3.00. The molecular formula is C13H20F2N2. The molecule has 4 heteroatoms. The minimum absolute atomic E-state index is 0.0244. The molecule has 0 aliphatic carbocycles. The molecule has 1 aromatic rings. The van der Waals surface area contributed by atoms with Crippen LogP contribution < -0.4 is 11.1 Å². The number of rotatable bonds is 5. The third-order valence-corrected chi connectivity index (χ3v) is 3.00. The number of hydrogen-bond donors (Lipinski definition) is 2. The van der Waals surface area contributed by atoms with Crippen LogP contribution in [0.1, 0.15) is 31.9 Å². The number of benzene rings is 1.